The summed E-state index contributed by atoms with van der Waals surface area (Å²) in [6.07, 6.45) is -2.16. The lowest BCUT2D eigenvalue weighted by Gasteiger charge is -2.24. The third-order valence-electron chi connectivity index (χ3n) is 4.26. The SMILES string of the molecule is C[C@H](CCN[C@H]1CCCS(=O)(=O)C1)c1cccc(C(F)(F)F)c1. The van der Waals surface area contributed by atoms with Crippen LogP contribution in [0.25, 0.3) is 0 Å². The minimum absolute atomic E-state index is 0.0232. The van der Waals surface area contributed by atoms with E-state index in [4.69, 9.17) is 0 Å². The molecule has 0 spiro atoms. The summed E-state index contributed by atoms with van der Waals surface area (Å²) in [5.74, 6) is 0.390. The Balaban J connectivity index is 1.86. The van der Waals surface area contributed by atoms with E-state index in [0.717, 1.165) is 12.5 Å². The average molecular weight is 349 g/mol. The van der Waals surface area contributed by atoms with Crippen LogP contribution in [-0.2, 0) is 16.0 Å². The minimum atomic E-state index is -4.33. The van der Waals surface area contributed by atoms with Gasteiger partial charge < -0.3 is 5.32 Å². The predicted molar refractivity (Wildman–Crippen MR) is 84.2 cm³/mol. The molecule has 1 aliphatic rings. The van der Waals surface area contributed by atoms with Crippen LogP contribution in [0.1, 0.15) is 43.2 Å². The van der Waals surface area contributed by atoms with Gasteiger partial charge in [-0.15, -0.1) is 0 Å². The number of benzene rings is 1. The fourth-order valence-corrected chi connectivity index (χ4v) is 4.55. The van der Waals surface area contributed by atoms with Crippen molar-refractivity contribution in [2.24, 2.45) is 0 Å². The van der Waals surface area contributed by atoms with Crippen LogP contribution < -0.4 is 5.32 Å². The van der Waals surface area contributed by atoms with Gasteiger partial charge in [-0.25, -0.2) is 8.42 Å². The Morgan fingerprint density at radius 3 is 2.74 bits per heavy atom. The molecule has 0 aliphatic carbocycles. The Kier molecular flexibility index (Phi) is 5.73. The maximum atomic E-state index is 12.7. The summed E-state index contributed by atoms with van der Waals surface area (Å²) < 4.78 is 61.3. The van der Waals surface area contributed by atoms with E-state index < -0.39 is 21.6 Å². The second-order valence-electron chi connectivity index (χ2n) is 6.22. The molecule has 1 fully saturated rings. The Morgan fingerprint density at radius 1 is 1.35 bits per heavy atom. The van der Waals surface area contributed by atoms with Gasteiger partial charge in [0.1, 0.15) is 0 Å². The molecule has 130 valence electrons. The van der Waals surface area contributed by atoms with Crippen LogP contribution in [0.5, 0.6) is 0 Å². The Labute approximate surface area is 135 Å². The summed E-state index contributed by atoms with van der Waals surface area (Å²) >= 11 is 0. The Bertz CT molecular complexity index is 628. The topological polar surface area (TPSA) is 46.2 Å². The van der Waals surface area contributed by atoms with E-state index in [1.165, 1.54) is 12.1 Å². The summed E-state index contributed by atoms with van der Waals surface area (Å²) in [4.78, 5) is 0. The number of nitrogens with one attached hydrogen (secondary N) is 1. The van der Waals surface area contributed by atoms with Crippen LogP contribution in [-0.4, -0.2) is 32.5 Å². The van der Waals surface area contributed by atoms with E-state index in [2.05, 4.69) is 5.32 Å². The van der Waals surface area contributed by atoms with Crippen molar-refractivity contribution in [3.8, 4) is 0 Å². The van der Waals surface area contributed by atoms with Gasteiger partial charge in [-0.1, -0.05) is 25.1 Å². The second-order valence-corrected chi connectivity index (χ2v) is 8.45. The zero-order chi connectivity index (χ0) is 17.1. The average Bonchev–Trinajstić information content (AvgIpc) is 2.45. The third-order valence-corrected chi connectivity index (χ3v) is 6.08. The van der Waals surface area contributed by atoms with Crippen molar-refractivity contribution in [2.75, 3.05) is 18.1 Å². The maximum absolute atomic E-state index is 12.7. The normalized spacial score (nSPS) is 22.7. The molecule has 2 rings (SSSR count). The summed E-state index contributed by atoms with van der Waals surface area (Å²) in [6, 6.07) is 5.35. The van der Waals surface area contributed by atoms with Gasteiger partial charge in [0.15, 0.2) is 9.84 Å². The maximum Gasteiger partial charge on any atom is 0.416 e. The standard InChI is InChI=1S/C16H22F3NO2S/c1-12(13-4-2-5-14(10-13)16(17,18)19)7-8-20-15-6-3-9-23(21,22)11-15/h2,4-5,10,12,15,20H,3,6-9,11H2,1H3/t12-,15+/m1/s1. The molecule has 1 aromatic carbocycles. The highest BCUT2D eigenvalue weighted by Gasteiger charge is 2.30. The van der Waals surface area contributed by atoms with Gasteiger partial charge in [0.2, 0.25) is 0 Å². The molecule has 0 saturated carbocycles. The third kappa shape index (κ3) is 5.49. The van der Waals surface area contributed by atoms with Crippen molar-refractivity contribution in [3.63, 3.8) is 0 Å². The molecule has 1 aromatic rings. The van der Waals surface area contributed by atoms with Crippen molar-refractivity contribution in [2.45, 2.75) is 44.3 Å². The largest absolute Gasteiger partial charge is 0.416 e. The van der Waals surface area contributed by atoms with Crippen LogP contribution >= 0.6 is 0 Å². The van der Waals surface area contributed by atoms with Crippen molar-refractivity contribution in [1.29, 1.82) is 0 Å². The number of alkyl halides is 3. The predicted octanol–water partition coefficient (Wildman–Crippen LogP) is 3.37. The first-order valence-corrected chi connectivity index (χ1v) is 9.60. The van der Waals surface area contributed by atoms with Gasteiger partial charge in [0.25, 0.3) is 0 Å². The van der Waals surface area contributed by atoms with Gasteiger partial charge >= 0.3 is 6.18 Å². The minimum Gasteiger partial charge on any atom is -0.313 e. The zero-order valence-corrected chi connectivity index (χ0v) is 13.9. The van der Waals surface area contributed by atoms with E-state index in [1.807, 2.05) is 6.92 Å². The smallest absolute Gasteiger partial charge is 0.313 e. The van der Waals surface area contributed by atoms with Gasteiger partial charge in [-0.2, -0.15) is 13.2 Å². The van der Waals surface area contributed by atoms with Crippen molar-refractivity contribution < 1.29 is 21.6 Å². The summed E-state index contributed by atoms with van der Waals surface area (Å²) in [6.45, 7) is 2.48. The first-order valence-electron chi connectivity index (χ1n) is 7.78. The second kappa shape index (κ2) is 7.21. The van der Waals surface area contributed by atoms with Crippen molar-refractivity contribution >= 4 is 9.84 Å². The van der Waals surface area contributed by atoms with Gasteiger partial charge in [0.05, 0.1) is 17.1 Å². The number of hydrogen-bond donors (Lipinski definition) is 1. The fourth-order valence-electron chi connectivity index (χ4n) is 2.88. The molecule has 0 radical (unpaired) electrons. The van der Waals surface area contributed by atoms with Gasteiger partial charge in [-0.05, 0) is 43.4 Å². The molecule has 0 amide bonds. The molecule has 0 unspecified atom stereocenters. The number of hydrogen-bond acceptors (Lipinski definition) is 3. The molecule has 0 bridgehead atoms. The highest BCUT2D eigenvalue weighted by atomic mass is 32.2. The van der Waals surface area contributed by atoms with Crippen LogP contribution in [0.15, 0.2) is 24.3 Å². The molecule has 1 saturated heterocycles. The molecule has 3 nitrogen and oxygen atoms in total. The number of sulfone groups is 1. The van der Waals surface area contributed by atoms with Gasteiger partial charge in [0, 0.05) is 6.04 Å². The van der Waals surface area contributed by atoms with Crippen molar-refractivity contribution in [3.05, 3.63) is 35.4 Å². The lowest BCUT2D eigenvalue weighted by Crippen LogP contribution is -2.40. The van der Waals surface area contributed by atoms with E-state index in [-0.39, 0.29) is 23.5 Å². The first kappa shape index (κ1) is 18.3. The molecule has 2 atom stereocenters. The van der Waals surface area contributed by atoms with E-state index in [1.54, 1.807) is 6.07 Å². The van der Waals surface area contributed by atoms with Crippen LogP contribution in [0.2, 0.25) is 0 Å². The summed E-state index contributed by atoms with van der Waals surface area (Å²) in [5.41, 5.74) is 0.0195. The number of halogens is 3. The molecular formula is C16H22F3NO2S. The van der Waals surface area contributed by atoms with Gasteiger partial charge in [-0.3, -0.25) is 0 Å². The quantitative estimate of drug-likeness (QED) is 0.887. The van der Waals surface area contributed by atoms with Crippen molar-refractivity contribution in [1.82, 2.24) is 5.32 Å². The van der Waals surface area contributed by atoms with E-state index in [0.29, 0.717) is 24.9 Å². The summed E-state index contributed by atoms with van der Waals surface area (Å²) in [7, 11) is -2.94. The zero-order valence-electron chi connectivity index (χ0n) is 13.1. The molecule has 7 heteroatoms. The van der Waals surface area contributed by atoms with Crippen LogP contribution in [0, 0.1) is 0 Å². The Morgan fingerprint density at radius 2 is 2.09 bits per heavy atom. The molecular weight excluding hydrogens is 327 g/mol. The molecule has 0 aromatic heterocycles. The fraction of sp³-hybridized carbons (Fsp3) is 0.625. The molecule has 1 aliphatic heterocycles. The first-order chi connectivity index (χ1) is 10.7. The number of rotatable bonds is 5. The molecule has 1 N–H and O–H groups in total. The highest BCUT2D eigenvalue weighted by molar-refractivity contribution is 7.91. The van der Waals surface area contributed by atoms with Crippen LogP contribution in [0.3, 0.4) is 0 Å². The van der Waals surface area contributed by atoms with E-state index in [9.17, 15) is 21.6 Å². The lowest BCUT2D eigenvalue weighted by molar-refractivity contribution is -0.137. The molecule has 23 heavy (non-hydrogen) atoms. The monoisotopic (exact) mass is 349 g/mol. The lowest BCUT2D eigenvalue weighted by atomic mass is 9.96. The van der Waals surface area contributed by atoms with Crippen LogP contribution in [0.4, 0.5) is 13.2 Å². The summed E-state index contributed by atoms with van der Waals surface area (Å²) in [5, 5.41) is 3.22. The van der Waals surface area contributed by atoms with E-state index >= 15 is 0 Å². The Hall–Kier alpha value is -1.08. The molecule has 1 heterocycles. The highest BCUT2D eigenvalue weighted by Crippen LogP contribution is 2.31.